The van der Waals surface area contributed by atoms with Gasteiger partial charge in [0.15, 0.2) is 0 Å². The molecule has 33 heavy (non-hydrogen) atoms. The van der Waals surface area contributed by atoms with E-state index >= 15 is 0 Å². The van der Waals surface area contributed by atoms with Crippen LogP contribution in [0.15, 0.2) is 103 Å². The standard InChI is InChI=1S/C30H25NO2/c1-3-28(25-15-8-5-9-16-25)31(22-23-12-6-4-7-13-23)30(32)21-19-27-26-17-11-10-14-24(26)18-20-29(27)33-2/h3-18,20H,22H2,1-2H3/b28-3+. The van der Waals surface area contributed by atoms with Crippen molar-refractivity contribution in [1.82, 2.24) is 4.90 Å². The van der Waals surface area contributed by atoms with E-state index in [9.17, 15) is 4.79 Å². The molecule has 0 radical (unpaired) electrons. The lowest BCUT2D eigenvalue weighted by molar-refractivity contribution is -0.122. The van der Waals surface area contributed by atoms with Crippen LogP contribution in [0, 0.1) is 11.8 Å². The zero-order valence-electron chi connectivity index (χ0n) is 18.8. The molecule has 0 heterocycles. The summed E-state index contributed by atoms with van der Waals surface area (Å²) in [5, 5.41) is 2.01. The van der Waals surface area contributed by atoms with Gasteiger partial charge in [0.2, 0.25) is 0 Å². The predicted octanol–water partition coefficient (Wildman–Crippen LogP) is 6.29. The molecule has 162 valence electrons. The average molecular weight is 432 g/mol. The summed E-state index contributed by atoms with van der Waals surface area (Å²) in [6.45, 7) is 2.37. The molecule has 0 aromatic heterocycles. The quantitative estimate of drug-likeness (QED) is 0.348. The number of rotatable bonds is 5. The van der Waals surface area contributed by atoms with Gasteiger partial charge in [0.1, 0.15) is 5.75 Å². The summed E-state index contributed by atoms with van der Waals surface area (Å²) in [6.07, 6.45) is 1.95. The molecule has 4 aromatic rings. The number of ether oxygens (including phenoxy) is 1. The molecule has 0 atom stereocenters. The number of methoxy groups -OCH3 is 1. The fourth-order valence-corrected chi connectivity index (χ4v) is 3.85. The predicted molar refractivity (Wildman–Crippen MR) is 134 cm³/mol. The first-order valence-corrected chi connectivity index (χ1v) is 10.9. The summed E-state index contributed by atoms with van der Waals surface area (Å²) in [5.74, 6) is 6.38. The van der Waals surface area contributed by atoms with Gasteiger partial charge in [0.25, 0.3) is 0 Å². The fourth-order valence-electron chi connectivity index (χ4n) is 3.85. The van der Waals surface area contributed by atoms with Crippen molar-refractivity contribution < 1.29 is 9.53 Å². The van der Waals surface area contributed by atoms with Gasteiger partial charge in [-0.1, -0.05) is 103 Å². The molecular formula is C30H25NO2. The normalized spacial score (nSPS) is 10.9. The van der Waals surface area contributed by atoms with Gasteiger partial charge in [0, 0.05) is 17.0 Å². The molecule has 4 aromatic carbocycles. The van der Waals surface area contributed by atoms with E-state index in [1.54, 1.807) is 12.0 Å². The summed E-state index contributed by atoms with van der Waals surface area (Å²) in [4.78, 5) is 15.2. The number of hydrogen-bond acceptors (Lipinski definition) is 2. The maximum atomic E-state index is 13.5. The fraction of sp³-hybridized carbons (Fsp3) is 0.100. The Labute approximate surface area is 194 Å². The maximum Gasteiger partial charge on any atom is 0.303 e. The first-order valence-electron chi connectivity index (χ1n) is 10.9. The van der Waals surface area contributed by atoms with Crippen LogP contribution >= 0.6 is 0 Å². The highest BCUT2D eigenvalue weighted by atomic mass is 16.5. The minimum Gasteiger partial charge on any atom is -0.495 e. The second-order valence-corrected chi connectivity index (χ2v) is 7.53. The Morgan fingerprint density at radius 2 is 1.55 bits per heavy atom. The van der Waals surface area contributed by atoms with Gasteiger partial charge in [-0.2, -0.15) is 0 Å². The molecule has 0 N–H and O–H groups in total. The summed E-state index contributed by atoms with van der Waals surface area (Å²) in [6, 6.07) is 31.7. The number of fused-ring (bicyclic) bond motifs is 1. The SMILES string of the molecule is C/C=C(\c1ccccc1)N(Cc1ccccc1)C(=O)C#Cc1c(OC)ccc2ccccc12. The molecule has 0 aliphatic carbocycles. The van der Waals surface area contributed by atoms with Gasteiger partial charge >= 0.3 is 5.91 Å². The molecule has 4 rings (SSSR count). The molecule has 1 amide bonds. The highest BCUT2D eigenvalue weighted by Gasteiger charge is 2.18. The van der Waals surface area contributed by atoms with Gasteiger partial charge in [-0.05, 0) is 29.5 Å². The van der Waals surface area contributed by atoms with E-state index < -0.39 is 0 Å². The van der Waals surface area contributed by atoms with Crippen LogP contribution in [0.5, 0.6) is 5.75 Å². The Bertz CT molecular complexity index is 1350. The number of amides is 1. The van der Waals surface area contributed by atoms with E-state index in [1.165, 1.54) is 0 Å². The molecule has 3 nitrogen and oxygen atoms in total. The van der Waals surface area contributed by atoms with Crippen LogP contribution in [0.3, 0.4) is 0 Å². The van der Waals surface area contributed by atoms with Crippen LogP contribution in [0.2, 0.25) is 0 Å². The second-order valence-electron chi connectivity index (χ2n) is 7.53. The van der Waals surface area contributed by atoms with Crippen molar-refractivity contribution >= 4 is 22.4 Å². The summed E-state index contributed by atoms with van der Waals surface area (Å²) in [5.41, 5.74) is 3.54. The number of nitrogens with zero attached hydrogens (tertiary/aromatic N) is 1. The van der Waals surface area contributed by atoms with Crippen LogP contribution in [-0.4, -0.2) is 17.9 Å². The lowest BCUT2D eigenvalue weighted by Gasteiger charge is -2.24. The van der Waals surface area contributed by atoms with Gasteiger partial charge in [-0.25, -0.2) is 0 Å². The third kappa shape index (κ3) is 4.97. The van der Waals surface area contributed by atoms with Gasteiger partial charge < -0.3 is 4.74 Å². The zero-order valence-corrected chi connectivity index (χ0v) is 18.8. The second kappa shape index (κ2) is 10.3. The van der Waals surface area contributed by atoms with Crippen LogP contribution in [0.1, 0.15) is 23.6 Å². The molecular weight excluding hydrogens is 406 g/mol. The molecule has 0 saturated carbocycles. The zero-order chi connectivity index (χ0) is 23.0. The molecule has 0 spiro atoms. The van der Waals surface area contributed by atoms with Crippen LogP contribution in [-0.2, 0) is 11.3 Å². The van der Waals surface area contributed by atoms with Crippen molar-refractivity contribution in [3.05, 3.63) is 120 Å². The van der Waals surface area contributed by atoms with Gasteiger partial charge in [-0.15, -0.1) is 0 Å². The van der Waals surface area contributed by atoms with Crippen molar-refractivity contribution in [3.8, 4) is 17.6 Å². The number of carbonyl (C=O) groups excluding carboxylic acids is 1. The minimum atomic E-state index is -0.272. The minimum absolute atomic E-state index is 0.272. The third-order valence-electron chi connectivity index (χ3n) is 5.47. The Hall–Kier alpha value is -4.29. The van der Waals surface area contributed by atoms with E-state index in [-0.39, 0.29) is 5.91 Å². The third-order valence-corrected chi connectivity index (χ3v) is 5.47. The van der Waals surface area contributed by atoms with Crippen LogP contribution in [0.25, 0.3) is 16.5 Å². The highest BCUT2D eigenvalue weighted by Crippen LogP contribution is 2.27. The van der Waals surface area contributed by atoms with E-state index in [0.717, 1.165) is 27.6 Å². The Morgan fingerprint density at radius 1 is 0.879 bits per heavy atom. The van der Waals surface area contributed by atoms with E-state index in [1.807, 2.05) is 110 Å². The average Bonchev–Trinajstić information content (AvgIpc) is 2.88. The van der Waals surface area contributed by atoms with Crippen molar-refractivity contribution in [2.45, 2.75) is 13.5 Å². The van der Waals surface area contributed by atoms with Crippen LogP contribution in [0.4, 0.5) is 0 Å². The molecule has 0 aliphatic rings. The number of allylic oxidation sites excluding steroid dienone is 1. The maximum absolute atomic E-state index is 13.5. The lowest BCUT2D eigenvalue weighted by Crippen LogP contribution is -2.28. The number of carbonyl (C=O) groups is 1. The van der Waals surface area contributed by atoms with E-state index in [2.05, 4.69) is 11.8 Å². The van der Waals surface area contributed by atoms with E-state index in [4.69, 9.17) is 4.74 Å². The van der Waals surface area contributed by atoms with E-state index in [0.29, 0.717) is 17.9 Å². The molecule has 0 saturated heterocycles. The monoisotopic (exact) mass is 431 g/mol. The lowest BCUT2D eigenvalue weighted by atomic mass is 10.0. The Balaban J connectivity index is 1.76. The molecule has 0 bridgehead atoms. The number of hydrogen-bond donors (Lipinski definition) is 0. The summed E-state index contributed by atoms with van der Waals surface area (Å²) >= 11 is 0. The molecule has 3 heteroatoms. The van der Waals surface area contributed by atoms with Crippen molar-refractivity contribution in [1.29, 1.82) is 0 Å². The van der Waals surface area contributed by atoms with Crippen molar-refractivity contribution in [2.24, 2.45) is 0 Å². The van der Waals surface area contributed by atoms with Crippen molar-refractivity contribution in [3.63, 3.8) is 0 Å². The molecule has 0 fully saturated rings. The van der Waals surface area contributed by atoms with Gasteiger partial charge in [0.05, 0.1) is 19.2 Å². The Morgan fingerprint density at radius 3 is 2.24 bits per heavy atom. The topological polar surface area (TPSA) is 29.5 Å². The number of benzene rings is 4. The largest absolute Gasteiger partial charge is 0.495 e. The smallest absolute Gasteiger partial charge is 0.303 e. The molecule has 0 aliphatic heterocycles. The van der Waals surface area contributed by atoms with Gasteiger partial charge in [-0.3, -0.25) is 9.69 Å². The molecule has 0 unspecified atom stereocenters. The Kier molecular flexibility index (Phi) is 6.87. The summed E-state index contributed by atoms with van der Waals surface area (Å²) in [7, 11) is 1.62. The first kappa shape index (κ1) is 21.9. The van der Waals surface area contributed by atoms with Crippen LogP contribution < -0.4 is 4.74 Å². The highest BCUT2D eigenvalue weighted by molar-refractivity contribution is 6.01. The van der Waals surface area contributed by atoms with Crippen molar-refractivity contribution in [2.75, 3.05) is 7.11 Å². The summed E-state index contributed by atoms with van der Waals surface area (Å²) < 4.78 is 5.54. The first-order chi connectivity index (χ1) is 16.2.